The van der Waals surface area contributed by atoms with Crippen LogP contribution in [0.4, 0.5) is 13.2 Å². The molecule has 0 bridgehead atoms. The fourth-order valence-corrected chi connectivity index (χ4v) is 3.22. The number of hydrogen-bond donors (Lipinski definition) is 2. The standard InChI is InChI=1S/C14H22F3NO2/c15-14(16,17)10-3-1-9(2-4-10)13(20)18-11-5-7-12(19)8-6-11/h9-12,19H,1-8H2,(H,18,20). The van der Waals surface area contributed by atoms with Gasteiger partial charge in [-0.25, -0.2) is 0 Å². The van der Waals surface area contributed by atoms with Gasteiger partial charge in [-0.05, 0) is 51.4 Å². The Morgan fingerprint density at radius 1 is 0.950 bits per heavy atom. The van der Waals surface area contributed by atoms with Gasteiger partial charge in [0.05, 0.1) is 12.0 Å². The zero-order valence-electron chi connectivity index (χ0n) is 11.5. The molecule has 0 atom stereocenters. The van der Waals surface area contributed by atoms with Gasteiger partial charge in [0.25, 0.3) is 0 Å². The maximum Gasteiger partial charge on any atom is 0.391 e. The molecule has 0 radical (unpaired) electrons. The quantitative estimate of drug-likeness (QED) is 0.822. The van der Waals surface area contributed by atoms with Crippen LogP contribution in [-0.4, -0.2) is 29.3 Å². The minimum absolute atomic E-state index is 0.0605. The number of amides is 1. The van der Waals surface area contributed by atoms with Gasteiger partial charge in [0, 0.05) is 12.0 Å². The predicted octanol–water partition coefficient (Wildman–Crippen LogP) is 2.77. The van der Waals surface area contributed by atoms with Crippen LogP contribution in [0.5, 0.6) is 0 Å². The highest BCUT2D eigenvalue weighted by atomic mass is 19.4. The molecular weight excluding hydrogens is 271 g/mol. The monoisotopic (exact) mass is 293 g/mol. The molecule has 2 aliphatic carbocycles. The Labute approximate surface area is 116 Å². The first kappa shape index (κ1) is 15.6. The summed E-state index contributed by atoms with van der Waals surface area (Å²) in [4.78, 5) is 12.0. The van der Waals surface area contributed by atoms with Gasteiger partial charge in [-0.3, -0.25) is 4.79 Å². The zero-order chi connectivity index (χ0) is 14.8. The van der Waals surface area contributed by atoms with E-state index in [1.807, 2.05) is 0 Å². The first-order chi connectivity index (χ1) is 9.36. The Hall–Kier alpha value is -0.780. The summed E-state index contributed by atoms with van der Waals surface area (Å²) in [5, 5.41) is 12.3. The molecule has 2 rings (SSSR count). The highest BCUT2D eigenvalue weighted by Gasteiger charge is 2.42. The summed E-state index contributed by atoms with van der Waals surface area (Å²) in [6.07, 6.45) is -0.744. The van der Waals surface area contributed by atoms with Crippen LogP contribution in [0.2, 0.25) is 0 Å². The minimum Gasteiger partial charge on any atom is -0.393 e. The van der Waals surface area contributed by atoms with Crippen molar-refractivity contribution in [3.63, 3.8) is 0 Å². The van der Waals surface area contributed by atoms with Crippen LogP contribution in [0.15, 0.2) is 0 Å². The van der Waals surface area contributed by atoms with Crippen LogP contribution in [0.3, 0.4) is 0 Å². The highest BCUT2D eigenvalue weighted by molar-refractivity contribution is 5.79. The van der Waals surface area contributed by atoms with Gasteiger partial charge in [-0.2, -0.15) is 13.2 Å². The smallest absolute Gasteiger partial charge is 0.391 e. The van der Waals surface area contributed by atoms with E-state index in [0.29, 0.717) is 25.7 Å². The summed E-state index contributed by atoms with van der Waals surface area (Å²) >= 11 is 0. The van der Waals surface area contributed by atoms with Crippen molar-refractivity contribution in [2.24, 2.45) is 11.8 Å². The molecule has 2 aliphatic rings. The summed E-state index contributed by atoms with van der Waals surface area (Å²) < 4.78 is 37.7. The van der Waals surface area contributed by atoms with Gasteiger partial charge in [0.2, 0.25) is 5.91 Å². The lowest BCUT2D eigenvalue weighted by molar-refractivity contribution is -0.184. The van der Waals surface area contributed by atoms with E-state index in [1.165, 1.54) is 0 Å². The fourth-order valence-electron chi connectivity index (χ4n) is 3.22. The van der Waals surface area contributed by atoms with E-state index < -0.39 is 12.1 Å². The van der Waals surface area contributed by atoms with E-state index in [-0.39, 0.29) is 36.8 Å². The number of halogens is 3. The van der Waals surface area contributed by atoms with E-state index in [0.717, 1.165) is 12.8 Å². The molecule has 3 nitrogen and oxygen atoms in total. The van der Waals surface area contributed by atoms with Gasteiger partial charge < -0.3 is 10.4 Å². The molecule has 0 aromatic rings. The lowest BCUT2D eigenvalue weighted by Gasteiger charge is -2.31. The van der Waals surface area contributed by atoms with Crippen LogP contribution in [0.25, 0.3) is 0 Å². The largest absolute Gasteiger partial charge is 0.393 e. The Morgan fingerprint density at radius 2 is 1.50 bits per heavy atom. The summed E-state index contributed by atoms with van der Waals surface area (Å²) in [6.45, 7) is 0. The highest BCUT2D eigenvalue weighted by Crippen LogP contribution is 2.39. The second kappa shape index (κ2) is 6.33. The number of aliphatic hydroxyl groups is 1. The van der Waals surface area contributed by atoms with Gasteiger partial charge in [-0.15, -0.1) is 0 Å². The normalized spacial score (nSPS) is 35.6. The van der Waals surface area contributed by atoms with E-state index in [4.69, 9.17) is 0 Å². The lowest BCUT2D eigenvalue weighted by Crippen LogP contribution is -2.43. The second-order valence-corrected chi connectivity index (χ2v) is 6.10. The molecule has 2 fully saturated rings. The number of alkyl halides is 3. The number of carbonyl (C=O) groups is 1. The van der Waals surface area contributed by atoms with Crippen molar-refractivity contribution in [2.45, 2.75) is 69.7 Å². The number of aliphatic hydroxyl groups excluding tert-OH is 1. The molecule has 0 aromatic carbocycles. The van der Waals surface area contributed by atoms with Crippen LogP contribution in [0.1, 0.15) is 51.4 Å². The van der Waals surface area contributed by atoms with Crippen LogP contribution < -0.4 is 5.32 Å². The van der Waals surface area contributed by atoms with Crippen molar-refractivity contribution >= 4 is 5.91 Å². The number of carbonyl (C=O) groups excluding carboxylic acids is 1. The van der Waals surface area contributed by atoms with Crippen molar-refractivity contribution in [1.82, 2.24) is 5.32 Å². The van der Waals surface area contributed by atoms with Crippen LogP contribution >= 0.6 is 0 Å². The summed E-state index contributed by atoms with van der Waals surface area (Å²) in [6, 6.07) is 0.0752. The van der Waals surface area contributed by atoms with E-state index in [9.17, 15) is 23.1 Å². The Kier molecular flexibility index (Phi) is 4.94. The Morgan fingerprint density at radius 3 is 2.00 bits per heavy atom. The molecular formula is C14H22F3NO2. The minimum atomic E-state index is -4.12. The van der Waals surface area contributed by atoms with Gasteiger partial charge in [0.15, 0.2) is 0 Å². The van der Waals surface area contributed by atoms with Gasteiger partial charge in [0.1, 0.15) is 0 Å². The summed E-state index contributed by atoms with van der Waals surface area (Å²) in [7, 11) is 0. The average molecular weight is 293 g/mol. The van der Waals surface area contributed by atoms with E-state index in [2.05, 4.69) is 5.32 Å². The van der Waals surface area contributed by atoms with Crippen LogP contribution in [-0.2, 0) is 4.79 Å². The molecule has 116 valence electrons. The SMILES string of the molecule is O=C(NC1CCC(O)CC1)C1CCC(C(F)(F)F)CC1. The number of nitrogens with one attached hydrogen (secondary N) is 1. The zero-order valence-corrected chi connectivity index (χ0v) is 11.5. The maximum absolute atomic E-state index is 12.6. The molecule has 2 N–H and O–H groups in total. The first-order valence-corrected chi connectivity index (χ1v) is 7.41. The second-order valence-electron chi connectivity index (χ2n) is 6.10. The van der Waals surface area contributed by atoms with Gasteiger partial charge in [-0.1, -0.05) is 0 Å². The molecule has 20 heavy (non-hydrogen) atoms. The Balaban J connectivity index is 1.75. The van der Waals surface area contributed by atoms with E-state index in [1.54, 1.807) is 0 Å². The average Bonchev–Trinajstić information content (AvgIpc) is 2.40. The predicted molar refractivity (Wildman–Crippen MR) is 67.9 cm³/mol. The van der Waals surface area contributed by atoms with Crippen molar-refractivity contribution in [2.75, 3.05) is 0 Å². The molecule has 0 heterocycles. The molecule has 0 aliphatic heterocycles. The summed E-state index contributed by atoms with van der Waals surface area (Å²) in [5.74, 6) is -1.62. The topological polar surface area (TPSA) is 49.3 Å². The molecule has 0 spiro atoms. The molecule has 6 heteroatoms. The van der Waals surface area contributed by atoms with Crippen molar-refractivity contribution in [1.29, 1.82) is 0 Å². The third kappa shape index (κ3) is 4.11. The molecule has 1 amide bonds. The molecule has 2 saturated carbocycles. The molecule has 0 saturated heterocycles. The molecule has 0 aromatic heterocycles. The van der Waals surface area contributed by atoms with Crippen molar-refractivity contribution in [3.05, 3.63) is 0 Å². The van der Waals surface area contributed by atoms with Crippen molar-refractivity contribution < 1.29 is 23.1 Å². The van der Waals surface area contributed by atoms with Crippen molar-refractivity contribution in [3.8, 4) is 0 Å². The Bertz CT molecular complexity index is 330. The number of rotatable bonds is 2. The molecule has 0 unspecified atom stereocenters. The number of hydrogen-bond acceptors (Lipinski definition) is 2. The summed E-state index contributed by atoms with van der Waals surface area (Å²) in [5.41, 5.74) is 0. The first-order valence-electron chi connectivity index (χ1n) is 7.41. The maximum atomic E-state index is 12.6. The van der Waals surface area contributed by atoms with Crippen LogP contribution in [0, 0.1) is 11.8 Å². The fraction of sp³-hybridized carbons (Fsp3) is 0.929. The third-order valence-electron chi connectivity index (χ3n) is 4.60. The lowest BCUT2D eigenvalue weighted by atomic mass is 9.81. The van der Waals surface area contributed by atoms with Gasteiger partial charge >= 0.3 is 6.18 Å². The van der Waals surface area contributed by atoms with E-state index >= 15 is 0 Å². The third-order valence-corrected chi connectivity index (χ3v) is 4.60.